The number of nitrogens with two attached hydrogens (primary N) is 1. The number of primary amides is 1. The van der Waals surface area contributed by atoms with Crippen LogP contribution in [-0.4, -0.2) is 34.9 Å². The molecule has 0 radical (unpaired) electrons. The molecule has 4 amide bonds. The van der Waals surface area contributed by atoms with Gasteiger partial charge in [-0.05, 0) is 24.5 Å². The topological polar surface area (TPSA) is 119 Å². The van der Waals surface area contributed by atoms with Crippen LogP contribution in [-0.2, 0) is 9.63 Å². The quantitative estimate of drug-likeness (QED) is 0.779. The van der Waals surface area contributed by atoms with Crippen molar-refractivity contribution in [1.82, 2.24) is 10.4 Å². The van der Waals surface area contributed by atoms with Gasteiger partial charge in [-0.25, -0.2) is 9.59 Å². The number of rotatable bonds is 5. The Morgan fingerprint density at radius 3 is 2.13 bits per heavy atom. The largest absolute Gasteiger partial charge is 0.355 e. The Balaban J connectivity index is 2.14. The summed E-state index contributed by atoms with van der Waals surface area (Å²) in [6, 6.07) is 4.21. The van der Waals surface area contributed by atoms with Gasteiger partial charge in [0.2, 0.25) is 0 Å². The molecule has 1 aromatic rings. The number of nitrogens with one attached hydrogen (secondary N) is 1. The van der Waals surface area contributed by atoms with Crippen LogP contribution in [0.4, 0.5) is 4.79 Å². The number of carbonyl (C=O) groups excluding carboxylic acids is 4. The molecule has 0 saturated carbocycles. The van der Waals surface area contributed by atoms with E-state index < -0.39 is 29.9 Å². The number of amides is 4. The molecule has 1 atom stereocenters. The highest BCUT2D eigenvalue weighted by molar-refractivity contribution is 6.20. The van der Waals surface area contributed by atoms with Crippen molar-refractivity contribution in [3.8, 4) is 0 Å². The van der Waals surface area contributed by atoms with E-state index in [1.165, 1.54) is 12.1 Å². The molecule has 0 aliphatic carbocycles. The third-order valence-electron chi connectivity index (χ3n) is 3.25. The second kappa shape index (κ2) is 6.47. The summed E-state index contributed by atoms with van der Waals surface area (Å²) in [6.07, 6.45) is 0.255. The van der Waals surface area contributed by atoms with Crippen LogP contribution >= 0.6 is 0 Å². The Kier molecular flexibility index (Phi) is 4.63. The van der Waals surface area contributed by atoms with Crippen molar-refractivity contribution in [1.29, 1.82) is 0 Å². The predicted molar refractivity (Wildman–Crippen MR) is 79.0 cm³/mol. The van der Waals surface area contributed by atoms with Gasteiger partial charge in [0.05, 0.1) is 11.1 Å². The van der Waals surface area contributed by atoms with Gasteiger partial charge in [-0.3, -0.25) is 9.59 Å². The lowest BCUT2D eigenvalue weighted by Crippen LogP contribution is -2.47. The van der Waals surface area contributed by atoms with Crippen molar-refractivity contribution < 1.29 is 24.0 Å². The summed E-state index contributed by atoms with van der Waals surface area (Å²) in [6.45, 7) is 3.68. The third-order valence-corrected chi connectivity index (χ3v) is 3.25. The highest BCUT2D eigenvalue weighted by Crippen LogP contribution is 2.23. The maximum atomic E-state index is 12.2. The third kappa shape index (κ3) is 3.47. The number of nitrogens with zero attached hydrogens (tertiary/aromatic N) is 1. The second-order valence-corrected chi connectivity index (χ2v) is 5.55. The van der Waals surface area contributed by atoms with Gasteiger partial charge in [0, 0.05) is 0 Å². The number of imide groups is 1. The highest BCUT2D eigenvalue weighted by Gasteiger charge is 2.39. The van der Waals surface area contributed by atoms with Gasteiger partial charge in [-0.2, -0.15) is 0 Å². The van der Waals surface area contributed by atoms with Crippen LogP contribution in [0.2, 0.25) is 0 Å². The standard InChI is InChI=1S/C15H17N3O5/c1-8(2)7-11(17-15(16)22)14(21)23-18-12(19)9-5-3-4-6-10(9)13(18)20/h3-6,8,11H,7H2,1-2H3,(H3,16,17,22). The summed E-state index contributed by atoms with van der Waals surface area (Å²) in [5, 5.41) is 2.66. The smallest absolute Gasteiger partial charge is 0.352 e. The van der Waals surface area contributed by atoms with E-state index in [2.05, 4.69) is 5.32 Å². The highest BCUT2D eigenvalue weighted by atomic mass is 16.7. The molecular weight excluding hydrogens is 302 g/mol. The minimum Gasteiger partial charge on any atom is -0.352 e. The van der Waals surface area contributed by atoms with Crippen LogP contribution in [0.15, 0.2) is 24.3 Å². The molecule has 1 aliphatic rings. The van der Waals surface area contributed by atoms with Crippen molar-refractivity contribution in [3.05, 3.63) is 35.4 Å². The number of hydroxylamine groups is 2. The van der Waals surface area contributed by atoms with E-state index in [-0.39, 0.29) is 23.5 Å². The Morgan fingerprint density at radius 1 is 1.17 bits per heavy atom. The molecule has 2 rings (SSSR count). The van der Waals surface area contributed by atoms with Crippen LogP contribution in [0.3, 0.4) is 0 Å². The van der Waals surface area contributed by atoms with Gasteiger partial charge in [-0.15, -0.1) is 0 Å². The molecule has 8 nitrogen and oxygen atoms in total. The average molecular weight is 319 g/mol. The van der Waals surface area contributed by atoms with Crippen molar-refractivity contribution in [3.63, 3.8) is 0 Å². The zero-order valence-electron chi connectivity index (χ0n) is 12.7. The molecule has 0 aromatic heterocycles. The van der Waals surface area contributed by atoms with Crippen LogP contribution in [0.5, 0.6) is 0 Å². The molecule has 122 valence electrons. The summed E-state index contributed by atoms with van der Waals surface area (Å²) in [4.78, 5) is 52.3. The monoisotopic (exact) mass is 319 g/mol. The second-order valence-electron chi connectivity index (χ2n) is 5.55. The van der Waals surface area contributed by atoms with E-state index in [9.17, 15) is 19.2 Å². The zero-order chi connectivity index (χ0) is 17.1. The molecule has 0 bridgehead atoms. The molecule has 3 N–H and O–H groups in total. The van der Waals surface area contributed by atoms with E-state index in [1.54, 1.807) is 12.1 Å². The predicted octanol–water partition coefficient (Wildman–Crippen LogP) is 0.824. The van der Waals surface area contributed by atoms with Gasteiger partial charge in [-0.1, -0.05) is 31.0 Å². The Morgan fingerprint density at radius 2 is 1.70 bits per heavy atom. The number of urea groups is 1. The SMILES string of the molecule is CC(C)CC(NC(N)=O)C(=O)ON1C(=O)c2ccccc2C1=O. The maximum Gasteiger partial charge on any atom is 0.355 e. The first kappa shape index (κ1) is 16.5. The van der Waals surface area contributed by atoms with Gasteiger partial charge in [0.1, 0.15) is 6.04 Å². The fourth-order valence-corrected chi connectivity index (χ4v) is 2.26. The van der Waals surface area contributed by atoms with E-state index in [0.29, 0.717) is 5.06 Å². The fraction of sp³-hybridized carbons (Fsp3) is 0.333. The van der Waals surface area contributed by atoms with Crippen molar-refractivity contribution in [2.75, 3.05) is 0 Å². The molecule has 1 aliphatic heterocycles. The number of fused-ring (bicyclic) bond motifs is 1. The van der Waals surface area contributed by atoms with Crippen molar-refractivity contribution in [2.45, 2.75) is 26.3 Å². The van der Waals surface area contributed by atoms with Gasteiger partial charge >= 0.3 is 12.0 Å². The van der Waals surface area contributed by atoms with Crippen LogP contribution in [0, 0.1) is 5.92 Å². The first-order valence-electron chi connectivity index (χ1n) is 7.06. The lowest BCUT2D eigenvalue weighted by Gasteiger charge is -2.20. The number of hydrogen-bond donors (Lipinski definition) is 2. The van der Waals surface area contributed by atoms with Gasteiger partial charge in [0.15, 0.2) is 0 Å². The minimum absolute atomic E-state index is 0.0570. The molecule has 0 spiro atoms. The van der Waals surface area contributed by atoms with Gasteiger partial charge in [0.25, 0.3) is 11.8 Å². The first-order chi connectivity index (χ1) is 10.8. The molecular formula is C15H17N3O5. The lowest BCUT2D eigenvalue weighted by molar-refractivity contribution is -0.171. The van der Waals surface area contributed by atoms with E-state index >= 15 is 0 Å². The van der Waals surface area contributed by atoms with Crippen molar-refractivity contribution >= 4 is 23.8 Å². The fourth-order valence-electron chi connectivity index (χ4n) is 2.26. The van der Waals surface area contributed by atoms with Crippen LogP contribution < -0.4 is 11.1 Å². The summed E-state index contributed by atoms with van der Waals surface area (Å²) >= 11 is 0. The minimum atomic E-state index is -1.04. The Bertz CT molecular complexity index is 636. The summed E-state index contributed by atoms with van der Waals surface area (Å²) in [5.74, 6) is -2.31. The summed E-state index contributed by atoms with van der Waals surface area (Å²) in [5.41, 5.74) is 5.35. The van der Waals surface area contributed by atoms with E-state index in [1.807, 2.05) is 13.8 Å². The van der Waals surface area contributed by atoms with E-state index in [4.69, 9.17) is 10.6 Å². The maximum absolute atomic E-state index is 12.2. The van der Waals surface area contributed by atoms with Crippen molar-refractivity contribution in [2.24, 2.45) is 11.7 Å². The zero-order valence-corrected chi connectivity index (χ0v) is 12.7. The summed E-state index contributed by atoms with van der Waals surface area (Å²) < 4.78 is 0. The molecule has 0 fully saturated rings. The van der Waals surface area contributed by atoms with E-state index in [0.717, 1.165) is 0 Å². The average Bonchev–Trinajstić information content (AvgIpc) is 2.71. The summed E-state index contributed by atoms with van der Waals surface area (Å²) in [7, 11) is 0. The Labute approximate surface area is 132 Å². The molecule has 1 unspecified atom stereocenters. The molecule has 23 heavy (non-hydrogen) atoms. The first-order valence-corrected chi connectivity index (χ1v) is 7.06. The van der Waals surface area contributed by atoms with Crippen LogP contribution in [0.25, 0.3) is 0 Å². The number of hydrogen-bond acceptors (Lipinski definition) is 5. The number of benzene rings is 1. The molecule has 1 aromatic carbocycles. The number of carbonyl (C=O) groups is 4. The normalized spacial score (nSPS) is 14.7. The van der Waals surface area contributed by atoms with Crippen LogP contribution in [0.1, 0.15) is 41.0 Å². The lowest BCUT2D eigenvalue weighted by atomic mass is 10.0. The molecule has 8 heteroatoms. The Hall–Kier alpha value is -2.90. The van der Waals surface area contributed by atoms with Gasteiger partial charge < -0.3 is 15.9 Å². The molecule has 1 heterocycles. The molecule has 0 saturated heterocycles.